The molecule has 106 valence electrons. The number of aliphatic hydroxyl groups excluding tert-OH is 1. The Balaban J connectivity index is 2.00. The Bertz CT molecular complexity index is 402. The minimum Gasteiger partial charge on any atom is -0.490 e. The first-order chi connectivity index (χ1) is 9.22. The van der Waals surface area contributed by atoms with Gasteiger partial charge in [-0.05, 0) is 52.4 Å². The Labute approximate surface area is 123 Å². The van der Waals surface area contributed by atoms with Gasteiger partial charge in [0.25, 0.3) is 0 Å². The number of benzene rings is 1. The molecule has 1 aromatic rings. The van der Waals surface area contributed by atoms with Crippen LogP contribution in [0.1, 0.15) is 37.4 Å². The lowest BCUT2D eigenvalue weighted by Gasteiger charge is -2.19. The predicted octanol–water partition coefficient (Wildman–Crippen LogP) is 3.70. The third kappa shape index (κ3) is 3.94. The van der Waals surface area contributed by atoms with Crippen molar-refractivity contribution in [1.29, 1.82) is 0 Å². The summed E-state index contributed by atoms with van der Waals surface area (Å²) in [6.07, 6.45) is 4.38. The summed E-state index contributed by atoms with van der Waals surface area (Å²) in [5.41, 5.74) is 0.970. The maximum absolute atomic E-state index is 10.4. The number of ether oxygens (including phenoxy) is 2. The molecule has 0 radical (unpaired) electrons. The summed E-state index contributed by atoms with van der Waals surface area (Å²) in [6.45, 7) is 1.10. The third-order valence-corrected chi connectivity index (χ3v) is 4.31. The fourth-order valence-corrected chi connectivity index (χ4v) is 3.11. The van der Waals surface area contributed by atoms with Gasteiger partial charge in [0.15, 0.2) is 0 Å². The van der Waals surface area contributed by atoms with Crippen LogP contribution in [0.4, 0.5) is 0 Å². The van der Waals surface area contributed by atoms with Crippen molar-refractivity contribution in [2.24, 2.45) is 5.92 Å². The zero-order valence-corrected chi connectivity index (χ0v) is 12.9. The van der Waals surface area contributed by atoms with Crippen molar-refractivity contribution in [2.75, 3.05) is 20.3 Å². The van der Waals surface area contributed by atoms with E-state index in [1.54, 1.807) is 7.11 Å². The molecule has 0 amide bonds. The van der Waals surface area contributed by atoms with Crippen LogP contribution in [0, 0.1) is 5.92 Å². The summed E-state index contributed by atoms with van der Waals surface area (Å²) in [7, 11) is 1.65. The van der Waals surface area contributed by atoms with Crippen molar-refractivity contribution in [3.63, 3.8) is 0 Å². The smallest absolute Gasteiger partial charge is 0.133 e. The second-order valence-corrected chi connectivity index (χ2v) is 5.87. The second-order valence-electron chi connectivity index (χ2n) is 5.02. The fourth-order valence-electron chi connectivity index (χ4n) is 2.60. The molecule has 0 heterocycles. The van der Waals surface area contributed by atoms with Gasteiger partial charge >= 0.3 is 0 Å². The average molecular weight is 329 g/mol. The second kappa shape index (κ2) is 7.27. The summed E-state index contributed by atoms with van der Waals surface area (Å²) in [5.74, 6) is 1.20. The van der Waals surface area contributed by atoms with Crippen molar-refractivity contribution in [3.05, 3.63) is 28.2 Å². The maximum Gasteiger partial charge on any atom is 0.133 e. The Kier molecular flexibility index (Phi) is 5.67. The number of halogens is 1. The van der Waals surface area contributed by atoms with Gasteiger partial charge in [0, 0.05) is 7.11 Å². The van der Waals surface area contributed by atoms with Gasteiger partial charge in [0.1, 0.15) is 12.4 Å². The number of hydrogen-bond acceptors (Lipinski definition) is 3. The molecule has 0 bridgehead atoms. The molecule has 0 saturated heterocycles. The van der Waals surface area contributed by atoms with Crippen LogP contribution in [0.15, 0.2) is 22.7 Å². The molecule has 1 aliphatic carbocycles. The van der Waals surface area contributed by atoms with E-state index in [4.69, 9.17) is 9.47 Å². The van der Waals surface area contributed by atoms with E-state index in [0.717, 1.165) is 28.6 Å². The molecule has 4 heteroatoms. The molecular formula is C15H21BrO3. The maximum atomic E-state index is 10.4. The molecular weight excluding hydrogens is 308 g/mol. The van der Waals surface area contributed by atoms with E-state index in [-0.39, 0.29) is 6.10 Å². The lowest BCUT2D eigenvalue weighted by atomic mass is 9.94. The largest absolute Gasteiger partial charge is 0.490 e. The highest BCUT2D eigenvalue weighted by Gasteiger charge is 2.24. The minimum atomic E-state index is -0.355. The van der Waals surface area contributed by atoms with Crippen LogP contribution in [0.25, 0.3) is 0 Å². The minimum absolute atomic E-state index is 0.355. The summed E-state index contributed by atoms with van der Waals surface area (Å²) in [6, 6.07) is 5.83. The van der Waals surface area contributed by atoms with Crippen molar-refractivity contribution in [1.82, 2.24) is 0 Å². The van der Waals surface area contributed by atoms with Gasteiger partial charge in [-0.25, -0.2) is 0 Å². The van der Waals surface area contributed by atoms with Gasteiger partial charge in [-0.2, -0.15) is 0 Å². The number of rotatable bonds is 6. The molecule has 0 aliphatic heterocycles. The Hall–Kier alpha value is -0.580. The van der Waals surface area contributed by atoms with Crippen molar-refractivity contribution in [2.45, 2.75) is 31.8 Å². The molecule has 1 aromatic carbocycles. The molecule has 1 saturated carbocycles. The topological polar surface area (TPSA) is 38.7 Å². The highest BCUT2D eigenvalue weighted by molar-refractivity contribution is 9.10. The lowest BCUT2D eigenvalue weighted by Crippen LogP contribution is -2.09. The highest BCUT2D eigenvalue weighted by Crippen LogP contribution is 2.37. The van der Waals surface area contributed by atoms with Gasteiger partial charge < -0.3 is 14.6 Å². The van der Waals surface area contributed by atoms with Crippen LogP contribution in [0.3, 0.4) is 0 Å². The zero-order valence-electron chi connectivity index (χ0n) is 11.3. The summed E-state index contributed by atoms with van der Waals surface area (Å²) < 4.78 is 11.4. The first-order valence-corrected chi connectivity index (χ1v) is 7.61. The molecule has 0 spiro atoms. The Morgan fingerprint density at radius 2 is 2.05 bits per heavy atom. The molecule has 3 nitrogen and oxygen atoms in total. The molecule has 1 N–H and O–H groups in total. The lowest BCUT2D eigenvalue weighted by molar-refractivity contribution is 0.111. The monoisotopic (exact) mass is 328 g/mol. The van der Waals surface area contributed by atoms with E-state index in [0.29, 0.717) is 19.1 Å². The van der Waals surface area contributed by atoms with Gasteiger partial charge in [0.2, 0.25) is 0 Å². The average Bonchev–Trinajstić information content (AvgIpc) is 2.94. The van der Waals surface area contributed by atoms with E-state index in [1.807, 2.05) is 18.2 Å². The van der Waals surface area contributed by atoms with E-state index >= 15 is 0 Å². The van der Waals surface area contributed by atoms with E-state index in [2.05, 4.69) is 15.9 Å². The summed E-state index contributed by atoms with van der Waals surface area (Å²) in [4.78, 5) is 0. The molecule has 1 unspecified atom stereocenters. The van der Waals surface area contributed by atoms with Crippen LogP contribution >= 0.6 is 15.9 Å². The normalized spacial score (nSPS) is 17.6. The van der Waals surface area contributed by atoms with Crippen LogP contribution in [-0.4, -0.2) is 25.4 Å². The van der Waals surface area contributed by atoms with Crippen LogP contribution in [0.5, 0.6) is 5.75 Å². The zero-order chi connectivity index (χ0) is 13.7. The third-order valence-electron chi connectivity index (χ3n) is 3.69. The highest BCUT2D eigenvalue weighted by atomic mass is 79.9. The number of methoxy groups -OCH3 is 1. The Morgan fingerprint density at radius 3 is 2.68 bits per heavy atom. The van der Waals surface area contributed by atoms with Gasteiger partial charge in [-0.15, -0.1) is 0 Å². The van der Waals surface area contributed by atoms with Crippen molar-refractivity contribution >= 4 is 15.9 Å². The van der Waals surface area contributed by atoms with Crippen molar-refractivity contribution < 1.29 is 14.6 Å². The number of aliphatic hydroxyl groups is 1. The summed E-state index contributed by atoms with van der Waals surface area (Å²) >= 11 is 3.50. The van der Waals surface area contributed by atoms with Crippen LogP contribution in [0.2, 0.25) is 0 Å². The van der Waals surface area contributed by atoms with Gasteiger partial charge in [0.05, 0.1) is 17.2 Å². The first kappa shape index (κ1) is 14.8. The fraction of sp³-hybridized carbons (Fsp3) is 0.600. The molecule has 2 rings (SSSR count). The van der Waals surface area contributed by atoms with Crippen molar-refractivity contribution in [3.8, 4) is 5.75 Å². The van der Waals surface area contributed by atoms with Crippen LogP contribution < -0.4 is 4.74 Å². The van der Waals surface area contributed by atoms with Crippen LogP contribution in [-0.2, 0) is 4.74 Å². The Morgan fingerprint density at radius 1 is 1.32 bits per heavy atom. The first-order valence-electron chi connectivity index (χ1n) is 6.81. The standard InChI is InChI=1S/C15H21BrO3/c1-18-8-9-19-14-7-6-12(10-13(14)16)15(17)11-4-2-3-5-11/h6-7,10-11,15,17H,2-5,8-9H2,1H3. The SMILES string of the molecule is COCCOc1ccc(C(O)C2CCCC2)cc1Br. The molecule has 19 heavy (non-hydrogen) atoms. The van der Waals surface area contributed by atoms with Gasteiger partial charge in [-0.3, -0.25) is 0 Å². The quantitative estimate of drug-likeness (QED) is 0.809. The van der Waals surface area contributed by atoms with E-state index < -0.39 is 0 Å². The van der Waals surface area contributed by atoms with Gasteiger partial charge in [-0.1, -0.05) is 18.9 Å². The molecule has 1 atom stereocenters. The molecule has 1 aliphatic rings. The van der Waals surface area contributed by atoms with E-state index in [1.165, 1.54) is 12.8 Å². The van der Waals surface area contributed by atoms with E-state index in [9.17, 15) is 5.11 Å². The number of hydrogen-bond donors (Lipinski definition) is 1. The summed E-state index contributed by atoms with van der Waals surface area (Å²) in [5, 5.41) is 10.4. The molecule has 1 fully saturated rings. The predicted molar refractivity (Wildman–Crippen MR) is 78.4 cm³/mol. The molecule has 0 aromatic heterocycles.